The van der Waals surface area contributed by atoms with Crippen molar-refractivity contribution in [1.82, 2.24) is 0 Å². The molecule has 0 aromatic heterocycles. The van der Waals surface area contributed by atoms with Crippen molar-refractivity contribution in [2.45, 2.75) is 39.2 Å². The maximum absolute atomic E-state index is 11.7. The van der Waals surface area contributed by atoms with Gasteiger partial charge in [0.05, 0.1) is 5.91 Å². The number of hydrogen-bond donors (Lipinski definition) is 0. The Labute approximate surface area is 172 Å². The minimum absolute atomic E-state index is 0.00129. The van der Waals surface area contributed by atoms with Crippen LogP contribution in [0.15, 0.2) is 54.1 Å². The van der Waals surface area contributed by atoms with Gasteiger partial charge in [-0.2, -0.15) is 0 Å². The molecule has 5 heteroatoms. The van der Waals surface area contributed by atoms with Crippen LogP contribution in [0.2, 0.25) is 0 Å². The molecule has 0 bridgehead atoms. The SMILES string of the molecule is CCCC(=O)[N-]Cc1ccccc1C1C(C)=Cc2ccccc21.[Cl][Ti][Cl]. The predicted octanol–water partition coefficient (Wildman–Crippen LogP) is 6.81. The molecule has 2 nitrogen and oxygen atoms in total. The molecule has 2 aromatic carbocycles. The first-order valence-electron chi connectivity index (χ1n) is 8.63. The van der Waals surface area contributed by atoms with E-state index >= 15 is 0 Å². The monoisotopic (exact) mass is 422 g/mol. The summed E-state index contributed by atoms with van der Waals surface area (Å²) in [5.74, 6) is 0.278. The molecule has 0 saturated carbocycles. The molecule has 1 amide bonds. The van der Waals surface area contributed by atoms with Crippen molar-refractivity contribution in [3.8, 4) is 0 Å². The molecule has 0 N–H and O–H groups in total. The standard InChI is InChI=1S/C21H23NO.2ClH.Ti/c1-3-8-20(23)22-14-17-10-5-7-12-19(17)21-15(2)13-16-9-4-6-11-18(16)21;;;/h4-7,9-13,21H,3,8,14H2,1-2H3,(H,22,23);2*1H;/q;;;+2/p-3. The summed E-state index contributed by atoms with van der Waals surface area (Å²) in [7, 11) is 9.78. The van der Waals surface area contributed by atoms with Crippen LogP contribution in [0.25, 0.3) is 11.4 Å². The van der Waals surface area contributed by atoms with Gasteiger partial charge in [-0.05, 0) is 30.0 Å². The molecule has 0 spiro atoms. The van der Waals surface area contributed by atoms with Crippen LogP contribution < -0.4 is 0 Å². The van der Waals surface area contributed by atoms with Crippen LogP contribution in [0.5, 0.6) is 0 Å². The number of hydrogen-bond acceptors (Lipinski definition) is 1. The Hall–Kier alpha value is -1.06. The molecule has 26 heavy (non-hydrogen) atoms. The van der Waals surface area contributed by atoms with Gasteiger partial charge in [0.1, 0.15) is 0 Å². The van der Waals surface area contributed by atoms with Gasteiger partial charge >= 0.3 is 35.6 Å². The molecule has 0 aliphatic heterocycles. The summed E-state index contributed by atoms with van der Waals surface area (Å²) < 4.78 is 0. The summed E-state index contributed by atoms with van der Waals surface area (Å²) >= 11 is -0.556. The number of carbonyl (C=O) groups is 1. The molecule has 1 atom stereocenters. The van der Waals surface area contributed by atoms with Gasteiger partial charge in [-0.25, -0.2) is 0 Å². The molecule has 1 unspecified atom stereocenters. The van der Waals surface area contributed by atoms with Gasteiger partial charge in [-0.3, -0.25) is 0 Å². The predicted molar refractivity (Wildman–Crippen MR) is 107 cm³/mol. The number of benzene rings is 2. The molecule has 136 valence electrons. The van der Waals surface area contributed by atoms with E-state index in [1.54, 1.807) is 0 Å². The van der Waals surface area contributed by atoms with Gasteiger partial charge in [-0.15, -0.1) is 6.54 Å². The minimum atomic E-state index is -0.556. The third-order valence-corrected chi connectivity index (χ3v) is 4.40. The van der Waals surface area contributed by atoms with E-state index in [1.165, 1.54) is 22.3 Å². The normalized spacial score (nSPS) is 14.6. The van der Waals surface area contributed by atoms with Gasteiger partial charge in [-0.1, -0.05) is 79.1 Å². The van der Waals surface area contributed by atoms with Crippen LogP contribution in [0, 0.1) is 0 Å². The van der Waals surface area contributed by atoms with Crippen molar-refractivity contribution in [2.24, 2.45) is 0 Å². The van der Waals surface area contributed by atoms with Crippen LogP contribution in [-0.4, -0.2) is 5.91 Å². The third-order valence-electron chi connectivity index (χ3n) is 4.40. The molecular weight excluding hydrogens is 401 g/mol. The van der Waals surface area contributed by atoms with Crippen molar-refractivity contribution in [3.63, 3.8) is 0 Å². The third kappa shape index (κ3) is 5.47. The van der Waals surface area contributed by atoms with E-state index in [-0.39, 0.29) is 11.8 Å². The maximum atomic E-state index is 11.7. The van der Waals surface area contributed by atoms with Crippen molar-refractivity contribution < 1.29 is 21.8 Å². The van der Waals surface area contributed by atoms with Crippen molar-refractivity contribution in [2.75, 3.05) is 0 Å². The second kappa shape index (κ2) is 10.9. The second-order valence-corrected chi connectivity index (χ2v) is 8.76. The first-order chi connectivity index (χ1) is 12.6. The second-order valence-electron chi connectivity index (χ2n) is 6.18. The molecular formula is C21H22Cl2NOTi-. The molecule has 2 aromatic rings. The summed E-state index contributed by atoms with van der Waals surface area (Å²) in [5, 5.41) is 4.24. The first kappa shape index (κ1) is 21.2. The van der Waals surface area contributed by atoms with Crippen LogP contribution in [0.3, 0.4) is 0 Å². The number of carbonyl (C=O) groups excluding carboxylic acids is 1. The fourth-order valence-electron chi connectivity index (χ4n) is 3.32. The quantitative estimate of drug-likeness (QED) is 0.486. The Morgan fingerprint density at radius 1 is 1.08 bits per heavy atom. The summed E-state index contributed by atoms with van der Waals surface area (Å²) in [5.41, 5.74) is 6.39. The fraction of sp³-hybridized carbons (Fsp3) is 0.286. The van der Waals surface area contributed by atoms with Crippen LogP contribution in [0.1, 0.15) is 54.9 Å². The summed E-state index contributed by atoms with van der Waals surface area (Å²) in [6, 6.07) is 16.9. The average molecular weight is 423 g/mol. The summed E-state index contributed by atoms with van der Waals surface area (Å²) in [4.78, 5) is 11.7. The fourth-order valence-corrected chi connectivity index (χ4v) is 3.32. The van der Waals surface area contributed by atoms with E-state index in [2.05, 4.69) is 60.8 Å². The van der Waals surface area contributed by atoms with Crippen molar-refractivity contribution in [1.29, 1.82) is 0 Å². The number of fused-ring (bicyclic) bond motifs is 1. The van der Waals surface area contributed by atoms with Gasteiger partial charge in [0, 0.05) is 5.92 Å². The van der Waals surface area contributed by atoms with Crippen molar-refractivity contribution >= 4 is 30.6 Å². The number of halogens is 2. The van der Waals surface area contributed by atoms with Crippen LogP contribution in [-0.2, 0) is 28.4 Å². The van der Waals surface area contributed by atoms with E-state index in [0.29, 0.717) is 13.0 Å². The van der Waals surface area contributed by atoms with Gasteiger partial charge in [0.2, 0.25) is 0 Å². The Kier molecular flexibility index (Phi) is 8.94. The van der Waals surface area contributed by atoms with Crippen LogP contribution >= 0.6 is 18.6 Å². The average Bonchev–Trinajstić information content (AvgIpc) is 2.97. The van der Waals surface area contributed by atoms with Gasteiger partial charge in [0.25, 0.3) is 0 Å². The van der Waals surface area contributed by atoms with E-state index in [1.807, 2.05) is 13.0 Å². The zero-order valence-corrected chi connectivity index (χ0v) is 18.1. The van der Waals surface area contributed by atoms with E-state index in [9.17, 15) is 4.79 Å². The molecule has 1 aliphatic rings. The van der Waals surface area contributed by atoms with Gasteiger partial charge in [0.15, 0.2) is 0 Å². The molecule has 1 aliphatic carbocycles. The summed E-state index contributed by atoms with van der Waals surface area (Å²) in [6.45, 7) is 4.66. The topological polar surface area (TPSA) is 31.2 Å². The summed E-state index contributed by atoms with van der Waals surface area (Å²) in [6.07, 6.45) is 3.64. The number of allylic oxidation sites excluding steroid dienone is 1. The molecule has 3 rings (SSSR count). The molecule has 0 saturated heterocycles. The first-order valence-corrected chi connectivity index (χ1v) is 12.9. The Morgan fingerprint density at radius 3 is 2.38 bits per heavy atom. The zero-order chi connectivity index (χ0) is 18.9. The van der Waals surface area contributed by atoms with E-state index in [4.69, 9.17) is 18.6 Å². The van der Waals surface area contributed by atoms with Gasteiger partial charge < -0.3 is 10.1 Å². The van der Waals surface area contributed by atoms with Crippen molar-refractivity contribution in [3.05, 3.63) is 81.7 Å². The Bertz CT molecular complexity index is 776. The molecule has 0 heterocycles. The Balaban J connectivity index is 0.000000758. The molecule has 0 fully saturated rings. The van der Waals surface area contributed by atoms with Crippen LogP contribution in [0.4, 0.5) is 0 Å². The number of amides is 1. The molecule has 0 radical (unpaired) electrons. The number of nitrogens with zero attached hydrogens (tertiary/aromatic N) is 1. The number of rotatable bonds is 5. The van der Waals surface area contributed by atoms with E-state index in [0.717, 1.165) is 12.0 Å². The van der Waals surface area contributed by atoms with E-state index < -0.39 is 17.0 Å². The Morgan fingerprint density at radius 2 is 1.69 bits per heavy atom. The zero-order valence-electron chi connectivity index (χ0n) is 15.0.